The third-order valence-electron chi connectivity index (χ3n) is 10.5. The minimum atomic E-state index is -1.08. The standard InChI is InChI=1S/C34H54N6O8/c1-10-19-20-14-11-17-15-40(23(21(17)20)28(43)37-22(19)24(41)29(44)36-18-12-13-18)31(46)26(34(6,7)8)39-30(45)25(33(3,4)5)38-27(42)16(2)35-32(47)48-9/h16-23,25-26H,10-15H2,1-9H3,(H,35,47)(H,36,44)(H,37,43)(H,38,42)(H,39,45)/t16-,17+,19?,20?,21-,22+,23+,25-,26-/m1/s1. The highest BCUT2D eigenvalue weighted by Crippen LogP contribution is 2.52. The van der Waals surface area contributed by atoms with Gasteiger partial charge in [-0.05, 0) is 67.1 Å². The zero-order valence-electron chi connectivity index (χ0n) is 29.7. The number of methoxy groups -OCH3 is 1. The minimum absolute atomic E-state index is 0.00188. The predicted octanol–water partition coefficient (Wildman–Crippen LogP) is 1.02. The molecular weight excluding hydrogens is 620 g/mol. The molecule has 0 aromatic rings. The maximum Gasteiger partial charge on any atom is 0.407 e. The Morgan fingerprint density at radius 1 is 0.896 bits per heavy atom. The largest absolute Gasteiger partial charge is 0.453 e. The number of hydrogen-bond acceptors (Lipinski definition) is 8. The summed E-state index contributed by atoms with van der Waals surface area (Å²) in [5.74, 6) is -3.81. The number of ketones is 1. The van der Waals surface area contributed by atoms with E-state index in [1.807, 2.05) is 27.7 Å². The van der Waals surface area contributed by atoms with E-state index in [2.05, 4.69) is 31.3 Å². The quantitative estimate of drug-likeness (QED) is 0.212. The van der Waals surface area contributed by atoms with Crippen LogP contribution in [0.2, 0.25) is 0 Å². The highest BCUT2D eigenvalue weighted by atomic mass is 16.5. The Morgan fingerprint density at radius 3 is 2.04 bits per heavy atom. The van der Waals surface area contributed by atoms with E-state index in [1.165, 1.54) is 14.0 Å². The van der Waals surface area contributed by atoms with Crippen LogP contribution in [0.15, 0.2) is 0 Å². The van der Waals surface area contributed by atoms with E-state index in [0.717, 1.165) is 25.7 Å². The average Bonchev–Trinajstić information content (AvgIpc) is 3.63. The molecule has 4 fully saturated rings. The van der Waals surface area contributed by atoms with E-state index < -0.39 is 82.5 Å². The number of amides is 6. The Hall–Kier alpha value is -3.71. The van der Waals surface area contributed by atoms with Crippen LogP contribution in [0.3, 0.4) is 0 Å². The van der Waals surface area contributed by atoms with Crippen molar-refractivity contribution < 1.29 is 38.3 Å². The number of alkyl carbamates (subject to hydrolysis) is 1. The molecule has 14 heteroatoms. The normalized spacial score (nSPS) is 28.5. The lowest BCUT2D eigenvalue weighted by molar-refractivity contribution is -0.146. The molecule has 0 radical (unpaired) electrons. The number of likely N-dealkylation sites (tertiary alicyclic amines) is 1. The summed E-state index contributed by atoms with van der Waals surface area (Å²) in [6.07, 6.45) is 3.05. The van der Waals surface area contributed by atoms with Gasteiger partial charge in [0.15, 0.2) is 0 Å². The zero-order valence-corrected chi connectivity index (χ0v) is 29.7. The topological polar surface area (TPSA) is 192 Å². The molecule has 268 valence electrons. The van der Waals surface area contributed by atoms with Gasteiger partial charge in [0.25, 0.3) is 5.91 Å². The number of nitrogens with one attached hydrogen (secondary N) is 5. The highest BCUT2D eigenvalue weighted by molar-refractivity contribution is 6.38. The van der Waals surface area contributed by atoms with E-state index >= 15 is 0 Å². The zero-order chi connectivity index (χ0) is 35.9. The first-order chi connectivity index (χ1) is 22.3. The average molecular weight is 675 g/mol. The molecule has 48 heavy (non-hydrogen) atoms. The maximum absolute atomic E-state index is 14.5. The van der Waals surface area contributed by atoms with Gasteiger partial charge < -0.3 is 36.2 Å². The molecule has 4 rings (SSSR count). The molecule has 2 saturated heterocycles. The van der Waals surface area contributed by atoms with Gasteiger partial charge in [0, 0.05) is 12.6 Å². The van der Waals surface area contributed by atoms with Gasteiger partial charge in [0.2, 0.25) is 29.4 Å². The van der Waals surface area contributed by atoms with Gasteiger partial charge in [-0.1, -0.05) is 54.9 Å². The molecule has 9 atom stereocenters. The van der Waals surface area contributed by atoms with Gasteiger partial charge in [0.05, 0.1) is 7.11 Å². The molecule has 2 saturated carbocycles. The molecule has 0 bridgehead atoms. The lowest BCUT2D eigenvalue weighted by atomic mass is 9.75. The summed E-state index contributed by atoms with van der Waals surface area (Å²) in [4.78, 5) is 94.9. The number of Topliss-reactive ketones (excluding diaryl/α,β-unsaturated/α-hetero) is 1. The Bertz CT molecular complexity index is 1320. The second kappa shape index (κ2) is 14.0. The van der Waals surface area contributed by atoms with Gasteiger partial charge in [-0.25, -0.2) is 4.79 Å². The molecular formula is C34H54N6O8. The molecule has 2 aliphatic heterocycles. The van der Waals surface area contributed by atoms with Crippen LogP contribution >= 0.6 is 0 Å². The van der Waals surface area contributed by atoms with Crippen LogP contribution in [-0.4, -0.2) is 96.2 Å². The molecule has 5 N–H and O–H groups in total. The summed E-state index contributed by atoms with van der Waals surface area (Å²) in [6.45, 7) is 14.5. The molecule has 2 heterocycles. The van der Waals surface area contributed by atoms with Gasteiger partial charge in [-0.3, -0.25) is 28.8 Å². The SMILES string of the molecule is CCC1C2CC[C@H]3CN(C(=O)[C@@H](NC(=O)[C@@H](NC(=O)[C@@H](C)NC(=O)OC)C(C)(C)C)C(C)(C)C)[C@H](C(=O)N[C@@H]1C(=O)C(=O)NC1CC1)[C@@H]23. The Kier molecular flexibility index (Phi) is 10.8. The van der Waals surface area contributed by atoms with Crippen molar-refractivity contribution in [3.05, 3.63) is 0 Å². The first-order valence-electron chi connectivity index (χ1n) is 17.2. The summed E-state index contributed by atoms with van der Waals surface area (Å²) < 4.78 is 4.57. The van der Waals surface area contributed by atoms with Crippen LogP contribution in [0.4, 0.5) is 4.79 Å². The van der Waals surface area contributed by atoms with E-state index in [0.29, 0.717) is 13.0 Å². The van der Waals surface area contributed by atoms with Crippen LogP contribution in [0.25, 0.3) is 0 Å². The molecule has 0 spiro atoms. The molecule has 2 unspecified atom stereocenters. The summed E-state index contributed by atoms with van der Waals surface area (Å²) in [5.41, 5.74) is -1.57. The number of carbonyl (C=O) groups excluding carboxylic acids is 7. The number of ether oxygens (including phenoxy) is 1. The fraction of sp³-hybridized carbons (Fsp3) is 0.794. The first kappa shape index (κ1) is 37.1. The molecule has 4 aliphatic rings. The van der Waals surface area contributed by atoms with Crippen LogP contribution in [0, 0.1) is 34.5 Å². The molecule has 0 aromatic heterocycles. The summed E-state index contributed by atoms with van der Waals surface area (Å²) >= 11 is 0. The van der Waals surface area contributed by atoms with E-state index in [9.17, 15) is 33.6 Å². The Morgan fingerprint density at radius 2 is 1.50 bits per heavy atom. The van der Waals surface area contributed by atoms with Gasteiger partial charge in [-0.2, -0.15) is 0 Å². The molecule has 2 aliphatic carbocycles. The summed E-state index contributed by atoms with van der Waals surface area (Å²) in [7, 11) is 1.18. The number of rotatable bonds is 10. The number of carbonyl (C=O) groups is 7. The lowest BCUT2D eigenvalue weighted by Crippen LogP contribution is -2.63. The predicted molar refractivity (Wildman–Crippen MR) is 175 cm³/mol. The van der Waals surface area contributed by atoms with Crippen molar-refractivity contribution in [3.63, 3.8) is 0 Å². The second-order valence-electron chi connectivity index (χ2n) is 16.2. The van der Waals surface area contributed by atoms with Gasteiger partial charge in [-0.15, -0.1) is 0 Å². The van der Waals surface area contributed by atoms with Crippen molar-refractivity contribution in [2.24, 2.45) is 34.5 Å². The fourth-order valence-corrected chi connectivity index (χ4v) is 7.76. The van der Waals surface area contributed by atoms with E-state index in [4.69, 9.17) is 0 Å². The molecule has 0 aromatic carbocycles. The minimum Gasteiger partial charge on any atom is -0.453 e. The molecule has 6 amide bonds. The van der Waals surface area contributed by atoms with Crippen molar-refractivity contribution >= 4 is 41.4 Å². The third-order valence-corrected chi connectivity index (χ3v) is 10.5. The monoisotopic (exact) mass is 674 g/mol. The van der Waals surface area contributed by atoms with Crippen molar-refractivity contribution in [2.75, 3.05) is 13.7 Å². The van der Waals surface area contributed by atoms with Crippen molar-refractivity contribution in [1.29, 1.82) is 0 Å². The van der Waals surface area contributed by atoms with Crippen LogP contribution in [-0.2, 0) is 33.5 Å². The van der Waals surface area contributed by atoms with E-state index in [-0.39, 0.29) is 29.7 Å². The number of hydrogen-bond donors (Lipinski definition) is 5. The third kappa shape index (κ3) is 7.78. The lowest BCUT2D eigenvalue weighted by Gasteiger charge is -2.38. The van der Waals surface area contributed by atoms with Crippen molar-refractivity contribution in [2.45, 2.75) is 124 Å². The van der Waals surface area contributed by atoms with Gasteiger partial charge in [0.1, 0.15) is 30.2 Å². The molecule has 14 nitrogen and oxygen atoms in total. The summed E-state index contributed by atoms with van der Waals surface area (Å²) in [5, 5.41) is 13.6. The van der Waals surface area contributed by atoms with Gasteiger partial charge >= 0.3 is 6.09 Å². The summed E-state index contributed by atoms with van der Waals surface area (Å²) in [6, 6.07) is -4.96. The van der Waals surface area contributed by atoms with E-state index in [1.54, 1.807) is 25.7 Å². The highest BCUT2D eigenvalue weighted by Gasteiger charge is 2.60. The smallest absolute Gasteiger partial charge is 0.407 e. The fourth-order valence-electron chi connectivity index (χ4n) is 7.76. The van der Waals surface area contributed by atoms with Crippen LogP contribution in [0.1, 0.15) is 87.5 Å². The second-order valence-corrected chi connectivity index (χ2v) is 16.2. The Labute approximate surface area is 283 Å². The van der Waals surface area contributed by atoms with Crippen LogP contribution in [0.5, 0.6) is 0 Å². The Balaban J connectivity index is 1.58. The van der Waals surface area contributed by atoms with Crippen molar-refractivity contribution in [3.8, 4) is 0 Å². The number of nitrogens with zero attached hydrogens (tertiary/aromatic N) is 1. The first-order valence-corrected chi connectivity index (χ1v) is 17.2. The maximum atomic E-state index is 14.5. The van der Waals surface area contributed by atoms with Crippen molar-refractivity contribution in [1.82, 2.24) is 31.5 Å². The van der Waals surface area contributed by atoms with Crippen LogP contribution < -0.4 is 26.6 Å².